The van der Waals surface area contributed by atoms with E-state index in [1.54, 1.807) is 0 Å². The van der Waals surface area contributed by atoms with E-state index >= 15 is 0 Å². The van der Waals surface area contributed by atoms with Crippen molar-refractivity contribution in [1.82, 2.24) is 5.32 Å². The second kappa shape index (κ2) is 6.59. The van der Waals surface area contributed by atoms with Crippen molar-refractivity contribution in [2.24, 2.45) is 11.8 Å². The number of hydrogen-bond acceptors (Lipinski definition) is 4. The summed E-state index contributed by atoms with van der Waals surface area (Å²) < 4.78 is 9.84. The number of amides is 1. The molecule has 0 aliphatic carbocycles. The molecule has 1 rings (SSSR count). The molecule has 0 aromatic heterocycles. The standard InChI is InChI=1S/C12H21NO4/c1-8(2)6-10(12(15)16-3)13-11(14)9-4-5-17-7-9/h8-10H,4-7H2,1-3H3,(H,13,14)/t9-,10+/m0/s1. The number of nitrogens with one attached hydrogen (secondary N) is 1. The Kier molecular flexibility index (Phi) is 5.41. The number of hydrogen-bond donors (Lipinski definition) is 1. The predicted molar refractivity (Wildman–Crippen MR) is 62.3 cm³/mol. The molecule has 0 radical (unpaired) electrons. The molecule has 0 aromatic carbocycles. The van der Waals surface area contributed by atoms with Crippen LogP contribution in [-0.2, 0) is 19.1 Å². The normalized spacial score (nSPS) is 21.3. The molecule has 1 saturated heterocycles. The van der Waals surface area contributed by atoms with Crippen LogP contribution in [0.25, 0.3) is 0 Å². The Morgan fingerprint density at radius 1 is 1.47 bits per heavy atom. The van der Waals surface area contributed by atoms with Crippen LogP contribution in [-0.4, -0.2) is 38.2 Å². The maximum atomic E-state index is 11.9. The van der Waals surface area contributed by atoms with E-state index in [0.717, 1.165) is 6.42 Å². The van der Waals surface area contributed by atoms with E-state index in [0.29, 0.717) is 25.6 Å². The molecule has 1 N–H and O–H groups in total. The molecule has 1 amide bonds. The van der Waals surface area contributed by atoms with Crippen LogP contribution in [0.2, 0.25) is 0 Å². The van der Waals surface area contributed by atoms with E-state index in [4.69, 9.17) is 9.47 Å². The highest BCUT2D eigenvalue weighted by Gasteiger charge is 2.28. The summed E-state index contributed by atoms with van der Waals surface area (Å²) in [4.78, 5) is 23.4. The van der Waals surface area contributed by atoms with E-state index in [1.165, 1.54) is 7.11 Å². The Hall–Kier alpha value is -1.10. The van der Waals surface area contributed by atoms with Gasteiger partial charge < -0.3 is 14.8 Å². The van der Waals surface area contributed by atoms with Gasteiger partial charge in [0.1, 0.15) is 6.04 Å². The van der Waals surface area contributed by atoms with E-state index in [9.17, 15) is 9.59 Å². The van der Waals surface area contributed by atoms with Crippen molar-refractivity contribution < 1.29 is 19.1 Å². The van der Waals surface area contributed by atoms with Crippen LogP contribution in [0.5, 0.6) is 0 Å². The van der Waals surface area contributed by atoms with Gasteiger partial charge in [-0.2, -0.15) is 0 Å². The molecule has 0 aromatic rings. The number of methoxy groups -OCH3 is 1. The molecule has 2 atom stereocenters. The van der Waals surface area contributed by atoms with Gasteiger partial charge >= 0.3 is 5.97 Å². The van der Waals surface area contributed by atoms with Gasteiger partial charge in [0.05, 0.1) is 19.6 Å². The Balaban J connectivity index is 2.52. The number of ether oxygens (including phenoxy) is 2. The van der Waals surface area contributed by atoms with Gasteiger partial charge in [0.2, 0.25) is 5.91 Å². The molecule has 98 valence electrons. The predicted octanol–water partition coefficient (Wildman–Crippen LogP) is 0.727. The third kappa shape index (κ3) is 4.34. The quantitative estimate of drug-likeness (QED) is 0.723. The summed E-state index contributed by atoms with van der Waals surface area (Å²) in [5.74, 6) is -0.307. The second-order valence-corrected chi connectivity index (χ2v) is 4.77. The molecule has 1 fully saturated rings. The summed E-state index contributed by atoms with van der Waals surface area (Å²) in [5, 5.41) is 2.75. The lowest BCUT2D eigenvalue weighted by Crippen LogP contribution is -2.45. The molecular formula is C12H21NO4. The van der Waals surface area contributed by atoms with Gasteiger partial charge in [0.15, 0.2) is 0 Å². The van der Waals surface area contributed by atoms with Crippen molar-refractivity contribution in [1.29, 1.82) is 0 Å². The summed E-state index contributed by atoms with van der Waals surface area (Å²) in [7, 11) is 1.33. The fourth-order valence-corrected chi connectivity index (χ4v) is 1.86. The van der Waals surface area contributed by atoms with Crippen LogP contribution in [0.1, 0.15) is 26.7 Å². The fourth-order valence-electron chi connectivity index (χ4n) is 1.86. The number of carbonyl (C=O) groups excluding carboxylic acids is 2. The first-order valence-electron chi connectivity index (χ1n) is 6.00. The molecule has 0 saturated carbocycles. The first kappa shape index (κ1) is 14.0. The molecule has 0 bridgehead atoms. The largest absolute Gasteiger partial charge is 0.467 e. The third-order valence-electron chi connectivity index (χ3n) is 2.81. The summed E-state index contributed by atoms with van der Waals surface area (Å²) in [6, 6.07) is -0.548. The van der Waals surface area contributed by atoms with Gasteiger partial charge in [0, 0.05) is 6.61 Å². The zero-order chi connectivity index (χ0) is 12.8. The second-order valence-electron chi connectivity index (χ2n) is 4.77. The van der Waals surface area contributed by atoms with Gasteiger partial charge in [-0.15, -0.1) is 0 Å². The number of rotatable bonds is 5. The van der Waals surface area contributed by atoms with Crippen molar-refractivity contribution in [2.45, 2.75) is 32.7 Å². The van der Waals surface area contributed by atoms with Crippen LogP contribution in [0.3, 0.4) is 0 Å². The van der Waals surface area contributed by atoms with Crippen molar-refractivity contribution in [3.63, 3.8) is 0 Å². The molecule has 17 heavy (non-hydrogen) atoms. The minimum absolute atomic E-state index is 0.112. The average Bonchev–Trinajstić information content (AvgIpc) is 2.79. The highest BCUT2D eigenvalue weighted by molar-refractivity contribution is 5.85. The van der Waals surface area contributed by atoms with Gasteiger partial charge in [-0.3, -0.25) is 4.79 Å². The first-order valence-corrected chi connectivity index (χ1v) is 6.00. The van der Waals surface area contributed by atoms with E-state index in [-0.39, 0.29) is 17.8 Å². The average molecular weight is 243 g/mol. The Morgan fingerprint density at radius 3 is 2.65 bits per heavy atom. The Morgan fingerprint density at radius 2 is 2.18 bits per heavy atom. The SMILES string of the molecule is COC(=O)[C@@H](CC(C)C)NC(=O)[C@H]1CCOC1. The molecule has 5 heteroatoms. The zero-order valence-corrected chi connectivity index (χ0v) is 10.7. The lowest BCUT2D eigenvalue weighted by atomic mass is 10.0. The van der Waals surface area contributed by atoms with Gasteiger partial charge in [-0.25, -0.2) is 4.79 Å². The molecule has 0 spiro atoms. The molecular weight excluding hydrogens is 222 g/mol. The summed E-state index contributed by atoms with van der Waals surface area (Å²) in [5.41, 5.74) is 0. The monoisotopic (exact) mass is 243 g/mol. The minimum atomic E-state index is -0.548. The molecule has 1 aliphatic rings. The van der Waals surface area contributed by atoms with Crippen molar-refractivity contribution in [3.05, 3.63) is 0 Å². The summed E-state index contributed by atoms with van der Waals surface area (Å²) in [6.07, 6.45) is 1.31. The highest BCUT2D eigenvalue weighted by atomic mass is 16.5. The van der Waals surface area contributed by atoms with Crippen molar-refractivity contribution in [3.8, 4) is 0 Å². The highest BCUT2D eigenvalue weighted by Crippen LogP contribution is 2.14. The van der Waals surface area contributed by atoms with Crippen molar-refractivity contribution >= 4 is 11.9 Å². The van der Waals surface area contributed by atoms with Crippen LogP contribution >= 0.6 is 0 Å². The summed E-state index contributed by atoms with van der Waals surface area (Å²) >= 11 is 0. The fraction of sp³-hybridized carbons (Fsp3) is 0.833. The van der Waals surface area contributed by atoms with Crippen LogP contribution in [0, 0.1) is 11.8 Å². The maximum absolute atomic E-state index is 11.9. The van der Waals surface area contributed by atoms with Crippen LogP contribution < -0.4 is 5.32 Å². The summed E-state index contributed by atoms with van der Waals surface area (Å²) in [6.45, 7) is 5.06. The molecule has 1 heterocycles. The lowest BCUT2D eigenvalue weighted by Gasteiger charge is -2.19. The van der Waals surface area contributed by atoms with Gasteiger partial charge in [0.25, 0.3) is 0 Å². The zero-order valence-electron chi connectivity index (χ0n) is 10.7. The topological polar surface area (TPSA) is 64.6 Å². The number of carbonyl (C=O) groups is 2. The molecule has 1 aliphatic heterocycles. The minimum Gasteiger partial charge on any atom is -0.467 e. The van der Waals surface area contributed by atoms with E-state index in [1.807, 2.05) is 13.8 Å². The number of esters is 1. The lowest BCUT2D eigenvalue weighted by molar-refractivity contribution is -0.146. The maximum Gasteiger partial charge on any atom is 0.328 e. The molecule has 0 unspecified atom stereocenters. The first-order chi connectivity index (χ1) is 8.04. The van der Waals surface area contributed by atoms with E-state index in [2.05, 4.69) is 5.32 Å². The van der Waals surface area contributed by atoms with Gasteiger partial charge in [-0.05, 0) is 18.8 Å². The van der Waals surface area contributed by atoms with Crippen LogP contribution in [0.15, 0.2) is 0 Å². The van der Waals surface area contributed by atoms with Crippen molar-refractivity contribution in [2.75, 3.05) is 20.3 Å². The van der Waals surface area contributed by atoms with E-state index < -0.39 is 6.04 Å². The third-order valence-corrected chi connectivity index (χ3v) is 2.81. The molecule has 5 nitrogen and oxygen atoms in total. The Bertz CT molecular complexity index is 272. The van der Waals surface area contributed by atoms with Gasteiger partial charge in [-0.1, -0.05) is 13.8 Å². The van der Waals surface area contributed by atoms with Crippen LogP contribution in [0.4, 0.5) is 0 Å². The smallest absolute Gasteiger partial charge is 0.328 e. The Labute approximate surface area is 102 Å².